The van der Waals surface area contributed by atoms with Crippen LogP contribution in [0.25, 0.3) is 0 Å². The van der Waals surface area contributed by atoms with Gasteiger partial charge in [0.1, 0.15) is 0 Å². The van der Waals surface area contributed by atoms with Gasteiger partial charge in [-0.3, -0.25) is 4.68 Å². The van der Waals surface area contributed by atoms with Crippen LogP contribution in [0.3, 0.4) is 0 Å². The number of rotatable bonds is 7. The standard InChI is InChI=1S/C24H30N4O/c1-5-6-10-20-12-14-22(15-13-20)25-24(29)26-23-18(3)27-28(19(23)4)16-21-11-8-7-9-17(21)2/h7-9,11-15H,5-6,10,16H2,1-4H3,(H2,25,26,29). The van der Waals surface area contributed by atoms with Crippen LogP contribution in [0, 0.1) is 20.8 Å². The number of aromatic nitrogens is 2. The first-order valence-electron chi connectivity index (χ1n) is 10.2. The van der Waals surface area contributed by atoms with Crippen molar-refractivity contribution in [2.75, 3.05) is 10.6 Å². The Morgan fingerprint density at radius 3 is 2.41 bits per heavy atom. The minimum Gasteiger partial charge on any atom is -0.308 e. The van der Waals surface area contributed by atoms with Crippen LogP contribution in [0.5, 0.6) is 0 Å². The highest BCUT2D eigenvalue weighted by molar-refractivity contribution is 6.00. The van der Waals surface area contributed by atoms with Crippen molar-refractivity contribution in [1.82, 2.24) is 9.78 Å². The Labute approximate surface area is 173 Å². The van der Waals surface area contributed by atoms with Gasteiger partial charge in [-0.2, -0.15) is 5.10 Å². The summed E-state index contributed by atoms with van der Waals surface area (Å²) in [5.41, 5.74) is 7.03. The van der Waals surface area contributed by atoms with E-state index in [1.165, 1.54) is 29.5 Å². The van der Waals surface area contributed by atoms with E-state index in [1.54, 1.807) is 0 Å². The molecule has 1 heterocycles. The van der Waals surface area contributed by atoms with Gasteiger partial charge in [-0.05, 0) is 62.4 Å². The van der Waals surface area contributed by atoms with Crippen LogP contribution in [-0.4, -0.2) is 15.8 Å². The van der Waals surface area contributed by atoms with Crippen molar-refractivity contribution in [1.29, 1.82) is 0 Å². The smallest absolute Gasteiger partial charge is 0.308 e. The largest absolute Gasteiger partial charge is 0.323 e. The van der Waals surface area contributed by atoms with Crippen molar-refractivity contribution in [3.05, 3.63) is 76.6 Å². The number of amides is 2. The third-order valence-corrected chi connectivity index (χ3v) is 5.23. The Hall–Kier alpha value is -3.08. The molecule has 2 aromatic carbocycles. The lowest BCUT2D eigenvalue weighted by Crippen LogP contribution is -2.20. The van der Waals surface area contributed by atoms with E-state index in [9.17, 15) is 4.79 Å². The van der Waals surface area contributed by atoms with Gasteiger partial charge < -0.3 is 10.6 Å². The topological polar surface area (TPSA) is 59.0 Å². The normalized spacial score (nSPS) is 10.8. The highest BCUT2D eigenvalue weighted by Gasteiger charge is 2.15. The third kappa shape index (κ3) is 5.25. The van der Waals surface area contributed by atoms with Gasteiger partial charge in [-0.25, -0.2) is 4.79 Å². The Kier molecular flexibility index (Phi) is 6.70. The maximum absolute atomic E-state index is 12.5. The molecule has 0 saturated carbocycles. The highest BCUT2D eigenvalue weighted by atomic mass is 16.2. The summed E-state index contributed by atoms with van der Waals surface area (Å²) in [6.07, 6.45) is 3.43. The van der Waals surface area contributed by atoms with Crippen molar-refractivity contribution < 1.29 is 4.79 Å². The third-order valence-electron chi connectivity index (χ3n) is 5.23. The van der Waals surface area contributed by atoms with Crippen molar-refractivity contribution in [2.24, 2.45) is 0 Å². The van der Waals surface area contributed by atoms with Gasteiger partial charge in [0.2, 0.25) is 0 Å². The molecule has 152 valence electrons. The van der Waals surface area contributed by atoms with Gasteiger partial charge in [-0.15, -0.1) is 0 Å². The fraction of sp³-hybridized carbons (Fsp3) is 0.333. The maximum atomic E-state index is 12.5. The summed E-state index contributed by atoms with van der Waals surface area (Å²) >= 11 is 0. The molecule has 3 aromatic rings. The van der Waals surface area contributed by atoms with Crippen LogP contribution in [0.15, 0.2) is 48.5 Å². The van der Waals surface area contributed by atoms with E-state index in [-0.39, 0.29) is 6.03 Å². The Bertz CT molecular complexity index is 973. The van der Waals surface area contributed by atoms with Crippen molar-refractivity contribution in [3.8, 4) is 0 Å². The minimum atomic E-state index is -0.257. The zero-order valence-corrected chi connectivity index (χ0v) is 17.7. The molecule has 0 saturated heterocycles. The van der Waals surface area contributed by atoms with Gasteiger partial charge in [0.05, 0.1) is 23.6 Å². The zero-order chi connectivity index (χ0) is 20.8. The summed E-state index contributed by atoms with van der Waals surface area (Å²) in [5, 5.41) is 10.5. The maximum Gasteiger partial charge on any atom is 0.323 e. The molecule has 2 amide bonds. The van der Waals surface area contributed by atoms with Crippen LogP contribution in [0.2, 0.25) is 0 Å². The Balaban J connectivity index is 1.66. The van der Waals surface area contributed by atoms with Gasteiger partial charge in [0.25, 0.3) is 0 Å². The Morgan fingerprint density at radius 2 is 1.72 bits per heavy atom. The quantitative estimate of drug-likeness (QED) is 0.532. The number of nitrogens with zero attached hydrogens (tertiary/aromatic N) is 2. The molecule has 0 aliphatic heterocycles. The summed E-state index contributed by atoms with van der Waals surface area (Å²) < 4.78 is 1.94. The molecule has 0 radical (unpaired) electrons. The first kappa shape index (κ1) is 20.6. The minimum absolute atomic E-state index is 0.257. The molecule has 0 atom stereocenters. The molecule has 29 heavy (non-hydrogen) atoms. The summed E-state index contributed by atoms with van der Waals surface area (Å²) in [5.74, 6) is 0. The van der Waals surface area contributed by atoms with Crippen LogP contribution >= 0.6 is 0 Å². The second kappa shape index (κ2) is 9.41. The molecule has 1 aromatic heterocycles. The highest BCUT2D eigenvalue weighted by Crippen LogP contribution is 2.22. The molecular formula is C24H30N4O. The van der Waals surface area contributed by atoms with E-state index in [2.05, 4.69) is 53.8 Å². The van der Waals surface area contributed by atoms with Crippen LogP contribution < -0.4 is 10.6 Å². The molecule has 0 aliphatic carbocycles. The molecule has 0 spiro atoms. The number of anilines is 2. The molecule has 5 nitrogen and oxygen atoms in total. The SMILES string of the molecule is CCCCc1ccc(NC(=O)Nc2c(C)nn(Cc3ccccc3C)c2C)cc1. The lowest BCUT2D eigenvalue weighted by Gasteiger charge is -2.10. The van der Waals surface area contributed by atoms with Crippen LogP contribution in [-0.2, 0) is 13.0 Å². The predicted molar refractivity (Wildman–Crippen MR) is 120 cm³/mol. The fourth-order valence-electron chi connectivity index (χ4n) is 3.39. The average Bonchev–Trinajstić information content (AvgIpc) is 2.96. The van der Waals surface area contributed by atoms with E-state index in [0.29, 0.717) is 6.54 Å². The molecule has 0 aliphatic rings. The van der Waals surface area contributed by atoms with E-state index in [0.717, 1.165) is 29.2 Å². The lowest BCUT2D eigenvalue weighted by atomic mass is 10.1. The number of carbonyl (C=O) groups is 1. The van der Waals surface area contributed by atoms with E-state index >= 15 is 0 Å². The first-order valence-corrected chi connectivity index (χ1v) is 10.2. The number of nitrogens with one attached hydrogen (secondary N) is 2. The number of aryl methyl sites for hydroxylation is 3. The zero-order valence-electron chi connectivity index (χ0n) is 17.7. The molecule has 0 fully saturated rings. The van der Waals surface area contributed by atoms with Gasteiger partial charge in [0, 0.05) is 5.69 Å². The molecular weight excluding hydrogens is 360 g/mol. The predicted octanol–water partition coefficient (Wildman–Crippen LogP) is 5.84. The van der Waals surface area contributed by atoms with Crippen molar-refractivity contribution in [3.63, 3.8) is 0 Å². The first-order chi connectivity index (χ1) is 14.0. The molecule has 2 N–H and O–H groups in total. The van der Waals surface area contributed by atoms with E-state index in [1.807, 2.05) is 42.8 Å². The number of benzene rings is 2. The Morgan fingerprint density at radius 1 is 1.00 bits per heavy atom. The average molecular weight is 391 g/mol. The van der Waals surface area contributed by atoms with Crippen molar-refractivity contribution in [2.45, 2.75) is 53.5 Å². The number of carbonyl (C=O) groups excluding carboxylic acids is 1. The molecule has 0 unspecified atom stereocenters. The number of unbranched alkanes of at least 4 members (excludes halogenated alkanes) is 1. The second-order valence-corrected chi connectivity index (χ2v) is 7.51. The van der Waals surface area contributed by atoms with Gasteiger partial charge >= 0.3 is 6.03 Å². The summed E-state index contributed by atoms with van der Waals surface area (Å²) in [7, 11) is 0. The van der Waals surface area contributed by atoms with Crippen LogP contribution in [0.1, 0.15) is 47.8 Å². The summed E-state index contributed by atoms with van der Waals surface area (Å²) in [6.45, 7) is 8.87. The van der Waals surface area contributed by atoms with E-state index < -0.39 is 0 Å². The fourth-order valence-corrected chi connectivity index (χ4v) is 3.39. The van der Waals surface area contributed by atoms with E-state index in [4.69, 9.17) is 0 Å². The summed E-state index contributed by atoms with van der Waals surface area (Å²) in [4.78, 5) is 12.5. The van der Waals surface area contributed by atoms with Crippen molar-refractivity contribution >= 4 is 17.4 Å². The second-order valence-electron chi connectivity index (χ2n) is 7.51. The monoisotopic (exact) mass is 390 g/mol. The van der Waals surface area contributed by atoms with Gasteiger partial charge in [-0.1, -0.05) is 49.7 Å². The van der Waals surface area contributed by atoms with Gasteiger partial charge in [0.15, 0.2) is 0 Å². The van der Waals surface area contributed by atoms with Crippen LogP contribution in [0.4, 0.5) is 16.2 Å². The molecule has 0 bridgehead atoms. The molecule has 3 rings (SSSR count). The number of hydrogen-bond acceptors (Lipinski definition) is 2. The number of hydrogen-bond donors (Lipinski definition) is 2. The lowest BCUT2D eigenvalue weighted by molar-refractivity contribution is 0.262. The number of urea groups is 1. The molecule has 5 heteroatoms. The summed E-state index contributed by atoms with van der Waals surface area (Å²) in [6, 6.07) is 16.1.